The highest BCUT2D eigenvalue weighted by molar-refractivity contribution is 5.87. The molecule has 0 aromatic heterocycles. The Morgan fingerprint density at radius 1 is 0.600 bits per heavy atom. The molecule has 50 heavy (non-hydrogen) atoms. The molecule has 0 aromatic rings. The summed E-state index contributed by atoms with van der Waals surface area (Å²) in [7, 11) is 0. The second-order valence-electron chi connectivity index (χ2n) is 12.6. The maximum atomic E-state index is 12.4. The fourth-order valence-electron chi connectivity index (χ4n) is 5.29. The highest BCUT2D eigenvalue weighted by Crippen LogP contribution is 2.13. The summed E-state index contributed by atoms with van der Waals surface area (Å²) >= 11 is 0. The Bertz CT molecular complexity index is 897. The lowest BCUT2D eigenvalue weighted by Crippen LogP contribution is -2.50. The highest BCUT2D eigenvalue weighted by Gasteiger charge is 2.20. The Balaban J connectivity index is 3.55. The highest BCUT2D eigenvalue weighted by atomic mass is 16.5. The third kappa shape index (κ3) is 31.3. The van der Waals surface area contributed by atoms with E-state index in [0.717, 1.165) is 38.5 Å². The number of hydrogen-bond acceptors (Lipinski definition) is 11. The number of Topliss-reactive ketones (excluding diaryl/α,β-unsaturated/α-hetero) is 1. The van der Waals surface area contributed by atoms with Gasteiger partial charge in [-0.15, -0.1) is 0 Å². The molecule has 0 aromatic carbocycles. The average molecular weight is 717 g/mol. The molecule has 0 aliphatic carbocycles. The third-order valence-electron chi connectivity index (χ3n) is 8.26. The number of carbonyl (C=O) groups excluding carboxylic acids is 4. The van der Waals surface area contributed by atoms with E-state index in [2.05, 4.69) is 21.3 Å². The number of carbonyl (C=O) groups is 5. The summed E-state index contributed by atoms with van der Waals surface area (Å²) in [6, 6.07) is -1.51. The molecule has 15 heteroatoms. The lowest BCUT2D eigenvalue weighted by atomic mass is 10.0. The van der Waals surface area contributed by atoms with Crippen LogP contribution in [0.2, 0.25) is 0 Å². The number of nitrogens with two attached hydrogens (primary N) is 2. The average Bonchev–Trinajstić information content (AvgIpc) is 3.08. The van der Waals surface area contributed by atoms with Gasteiger partial charge in [-0.25, -0.2) is 0 Å². The largest absolute Gasteiger partial charge is 0.481 e. The van der Waals surface area contributed by atoms with E-state index in [9.17, 15) is 24.0 Å². The Kier molecular flexibility index (Phi) is 32.9. The Morgan fingerprint density at radius 3 is 1.68 bits per heavy atom. The van der Waals surface area contributed by atoms with Crippen molar-refractivity contribution in [2.24, 2.45) is 11.5 Å². The lowest BCUT2D eigenvalue weighted by molar-refractivity contribution is -0.137. The lowest BCUT2D eigenvalue weighted by Gasteiger charge is -2.18. The molecule has 3 amide bonds. The van der Waals surface area contributed by atoms with Crippen molar-refractivity contribution in [3.05, 3.63) is 0 Å². The van der Waals surface area contributed by atoms with Gasteiger partial charge in [0.15, 0.2) is 5.78 Å². The van der Waals surface area contributed by atoms with E-state index in [1.807, 2.05) is 0 Å². The van der Waals surface area contributed by atoms with Gasteiger partial charge in [-0.05, 0) is 32.1 Å². The van der Waals surface area contributed by atoms with Gasteiger partial charge in [-0.1, -0.05) is 77.0 Å². The zero-order valence-corrected chi connectivity index (χ0v) is 30.4. The monoisotopic (exact) mass is 717 g/mol. The number of ether oxygens (including phenoxy) is 2. The van der Waals surface area contributed by atoms with Gasteiger partial charge in [0.2, 0.25) is 17.7 Å². The van der Waals surface area contributed by atoms with E-state index in [1.54, 1.807) is 0 Å². The van der Waals surface area contributed by atoms with Gasteiger partial charge in [0, 0.05) is 32.6 Å². The van der Waals surface area contributed by atoms with Gasteiger partial charge in [0.1, 0.15) is 12.6 Å². The van der Waals surface area contributed by atoms with Crippen molar-refractivity contribution in [2.45, 2.75) is 134 Å². The van der Waals surface area contributed by atoms with Gasteiger partial charge in [-0.2, -0.15) is 0 Å². The first-order chi connectivity index (χ1) is 24.2. The first-order valence-electron chi connectivity index (χ1n) is 18.7. The van der Waals surface area contributed by atoms with E-state index < -0.39 is 30.6 Å². The number of hydrogen-bond donors (Lipinski definition) is 8. The molecule has 0 saturated heterocycles. The molecule has 0 aliphatic rings. The van der Waals surface area contributed by atoms with E-state index in [-0.39, 0.29) is 44.0 Å². The predicted molar refractivity (Wildman–Crippen MR) is 192 cm³/mol. The first-order valence-corrected chi connectivity index (χ1v) is 18.7. The molecule has 0 aliphatic heterocycles. The summed E-state index contributed by atoms with van der Waals surface area (Å²) in [5.41, 5.74) is 10.7. The number of aliphatic carboxylic acids is 1. The van der Waals surface area contributed by atoms with Gasteiger partial charge in [-0.3, -0.25) is 34.6 Å². The molecule has 0 rings (SSSR count). The predicted octanol–water partition coefficient (Wildman–Crippen LogP) is 1.63. The van der Waals surface area contributed by atoms with Crippen molar-refractivity contribution in [1.29, 1.82) is 0 Å². The maximum absolute atomic E-state index is 12.4. The number of amides is 3. The van der Waals surface area contributed by atoms with E-state index >= 15 is 0 Å². The minimum absolute atomic E-state index is 0.0366. The van der Waals surface area contributed by atoms with Gasteiger partial charge in [0.25, 0.3) is 0 Å². The fourth-order valence-corrected chi connectivity index (χ4v) is 5.29. The fraction of sp³-hybridized carbons (Fsp3) is 0.857. The molecular formula is C35H68N6O9. The standard InChI is InChI=1S/C35H68N6O9/c36-28-41-29(31(43)25-40-30(26-42)35(37)48)17-15-16-20-38-33(45)27-50-24-23-49-22-21-39-32(44)18-13-11-9-7-5-3-1-2-4-6-8-10-12-14-19-34(46)47/h29-30,40-42H,1-28,36H2,(H2,37,48)(H,38,45)(H,39,44)(H,46,47)/t29-,30-/m0/s1. The molecule has 0 fully saturated rings. The molecule has 2 atom stereocenters. The summed E-state index contributed by atoms with van der Waals surface area (Å²) in [5.74, 6) is -1.85. The molecule has 0 saturated carbocycles. The van der Waals surface area contributed by atoms with Crippen LogP contribution in [0, 0.1) is 0 Å². The second-order valence-corrected chi connectivity index (χ2v) is 12.6. The summed E-state index contributed by atoms with van der Waals surface area (Å²) < 4.78 is 10.8. The van der Waals surface area contributed by atoms with Crippen molar-refractivity contribution in [3.8, 4) is 0 Å². The van der Waals surface area contributed by atoms with Crippen molar-refractivity contribution < 1.29 is 43.7 Å². The molecule has 292 valence electrons. The second kappa shape index (κ2) is 34.7. The van der Waals surface area contributed by atoms with E-state index in [1.165, 1.54) is 51.4 Å². The number of unbranched alkanes of at least 4 members (excludes halogenated alkanes) is 14. The summed E-state index contributed by atoms with van der Waals surface area (Å²) in [6.07, 6.45) is 18.7. The number of carboxylic acids is 1. The zero-order chi connectivity index (χ0) is 37.1. The smallest absolute Gasteiger partial charge is 0.303 e. The number of carboxylic acid groups (broad SMARTS) is 1. The third-order valence-corrected chi connectivity index (χ3v) is 8.26. The van der Waals surface area contributed by atoms with Crippen LogP contribution < -0.4 is 32.7 Å². The van der Waals surface area contributed by atoms with Crippen molar-refractivity contribution in [1.82, 2.24) is 21.3 Å². The molecule has 0 unspecified atom stereocenters. The van der Waals surface area contributed by atoms with Crippen LogP contribution in [0.25, 0.3) is 0 Å². The maximum Gasteiger partial charge on any atom is 0.303 e. The van der Waals surface area contributed by atoms with E-state index in [4.69, 9.17) is 31.2 Å². The molecule has 10 N–H and O–H groups in total. The van der Waals surface area contributed by atoms with Crippen LogP contribution in [0.4, 0.5) is 0 Å². The Morgan fingerprint density at radius 2 is 1.14 bits per heavy atom. The first kappa shape index (κ1) is 47.3. The molecule has 0 heterocycles. The summed E-state index contributed by atoms with van der Waals surface area (Å²) in [4.78, 5) is 58.0. The molecule has 0 spiro atoms. The topological polar surface area (TPSA) is 244 Å². The van der Waals surface area contributed by atoms with Crippen LogP contribution in [0.5, 0.6) is 0 Å². The van der Waals surface area contributed by atoms with Crippen molar-refractivity contribution in [2.75, 3.05) is 59.3 Å². The van der Waals surface area contributed by atoms with Crippen LogP contribution in [0.15, 0.2) is 0 Å². The molecule has 0 bridgehead atoms. The molecule has 0 radical (unpaired) electrons. The molecular weight excluding hydrogens is 648 g/mol. The number of nitrogens with one attached hydrogen (secondary N) is 4. The zero-order valence-electron chi connectivity index (χ0n) is 30.4. The van der Waals surface area contributed by atoms with Crippen molar-refractivity contribution in [3.63, 3.8) is 0 Å². The van der Waals surface area contributed by atoms with E-state index in [0.29, 0.717) is 58.4 Å². The Hall–Kier alpha value is -2.69. The minimum Gasteiger partial charge on any atom is -0.481 e. The van der Waals surface area contributed by atoms with Gasteiger partial charge in [0.05, 0.1) is 39.0 Å². The van der Waals surface area contributed by atoms with Crippen LogP contribution in [0.1, 0.15) is 122 Å². The van der Waals surface area contributed by atoms with Crippen molar-refractivity contribution >= 4 is 29.5 Å². The Labute approximate surface area is 299 Å². The van der Waals surface area contributed by atoms with Crippen LogP contribution >= 0.6 is 0 Å². The number of ketones is 1. The number of primary amides is 1. The van der Waals surface area contributed by atoms with Gasteiger partial charge >= 0.3 is 5.97 Å². The van der Waals surface area contributed by atoms with Crippen LogP contribution in [-0.2, 0) is 33.4 Å². The SMILES string of the molecule is NCN[C@@H](CCCCNC(=O)COCCOCCNC(=O)CCCCCCCCCCCCCCCCC(=O)O)C(=O)CN[C@@H](CO)C(N)=O. The number of aliphatic hydroxyl groups excluding tert-OH is 1. The quantitative estimate of drug-likeness (QED) is 0.0336. The normalized spacial score (nSPS) is 12.4. The van der Waals surface area contributed by atoms with Crippen LogP contribution in [-0.4, -0.2) is 111 Å². The minimum atomic E-state index is -0.991. The number of aliphatic hydroxyl groups is 1. The molecule has 15 nitrogen and oxygen atoms in total. The van der Waals surface area contributed by atoms with Crippen LogP contribution in [0.3, 0.4) is 0 Å². The summed E-state index contributed by atoms with van der Waals surface area (Å²) in [6.45, 7) is 1.19. The summed E-state index contributed by atoms with van der Waals surface area (Å²) in [5, 5.41) is 28.9. The van der Waals surface area contributed by atoms with Gasteiger partial charge < -0.3 is 41.8 Å². The number of rotatable bonds is 38.